The molecule has 0 aliphatic rings. The molecule has 0 radical (unpaired) electrons. The van der Waals surface area contributed by atoms with Crippen molar-refractivity contribution in [3.63, 3.8) is 0 Å². The fourth-order valence-electron chi connectivity index (χ4n) is 2.48. The number of hydrogen-bond donors (Lipinski definition) is 0. The fourth-order valence-corrected chi connectivity index (χ4v) is 3.09. The molecule has 0 N–H and O–H groups in total. The van der Waals surface area contributed by atoms with Crippen LogP contribution in [-0.2, 0) is 16.9 Å². The number of hydrogen-bond acceptors (Lipinski definition) is 3. The van der Waals surface area contributed by atoms with E-state index in [1.54, 1.807) is 11.3 Å². The predicted octanol–water partition coefficient (Wildman–Crippen LogP) is 5.04. The molecular formula is C19H15NO2S. The first-order valence-electron chi connectivity index (χ1n) is 7.22. The van der Waals surface area contributed by atoms with Gasteiger partial charge in [-0.15, -0.1) is 11.3 Å². The van der Waals surface area contributed by atoms with E-state index in [9.17, 15) is 5.21 Å². The van der Waals surface area contributed by atoms with Gasteiger partial charge in [-0.05, 0) is 11.4 Å². The minimum absolute atomic E-state index is 0.379. The smallest absolute Gasteiger partial charge is 0.344 e. The molecule has 0 aliphatic carbocycles. The monoisotopic (exact) mass is 321 g/mol. The molecule has 1 aromatic heterocycles. The first-order chi connectivity index (χ1) is 11.3. The van der Waals surface area contributed by atoms with Crippen LogP contribution in [0, 0.1) is 11.3 Å². The van der Waals surface area contributed by atoms with E-state index in [1.165, 1.54) is 0 Å². The maximum Gasteiger partial charge on any atom is 0.344 e. The molecular weight excluding hydrogens is 306 g/mol. The zero-order valence-electron chi connectivity index (χ0n) is 12.4. The molecule has 0 atom stereocenters. The van der Waals surface area contributed by atoms with Gasteiger partial charge in [0.25, 0.3) is 5.60 Å². The predicted molar refractivity (Wildman–Crippen MR) is 93.4 cm³/mol. The highest BCUT2D eigenvalue weighted by atomic mass is 32.1. The van der Waals surface area contributed by atoms with Gasteiger partial charge in [0.15, 0.2) is 0 Å². The summed E-state index contributed by atoms with van der Waals surface area (Å²) in [5.74, 6) is 0. The third kappa shape index (κ3) is 3.26. The summed E-state index contributed by atoms with van der Waals surface area (Å²) in [5, 5.41) is 16.0. The maximum atomic E-state index is 11.1. The fraction of sp³-hybridized carbons (Fsp3) is 0.105. The van der Waals surface area contributed by atoms with Gasteiger partial charge in [-0.3, -0.25) is 0 Å². The topological polar surface area (TPSA) is 36.6 Å². The Morgan fingerprint density at radius 1 is 0.913 bits per heavy atom. The summed E-state index contributed by atoms with van der Waals surface area (Å²) in [6.07, 6.45) is 0. The van der Waals surface area contributed by atoms with Gasteiger partial charge in [-0.25, -0.2) is 0 Å². The molecule has 0 amide bonds. The highest BCUT2D eigenvalue weighted by Gasteiger charge is 2.40. The molecule has 4 heteroatoms. The van der Waals surface area contributed by atoms with E-state index >= 15 is 0 Å². The lowest BCUT2D eigenvalue weighted by Crippen LogP contribution is -2.29. The number of rotatable bonds is 5. The van der Waals surface area contributed by atoms with Crippen molar-refractivity contribution in [2.45, 2.75) is 12.2 Å². The molecule has 0 fully saturated rings. The van der Waals surface area contributed by atoms with Gasteiger partial charge < -0.3 is 9.94 Å². The van der Waals surface area contributed by atoms with Gasteiger partial charge in [-0.2, -0.15) is 0 Å². The first kappa shape index (κ1) is 15.3. The van der Waals surface area contributed by atoms with E-state index in [4.69, 9.17) is 4.74 Å². The Morgan fingerprint density at radius 3 is 2.00 bits per heavy atom. The average Bonchev–Trinajstić information content (AvgIpc) is 3.14. The minimum atomic E-state index is -1.12. The van der Waals surface area contributed by atoms with Crippen LogP contribution in [0.5, 0.6) is 0 Å². The van der Waals surface area contributed by atoms with Crippen LogP contribution in [0.15, 0.2) is 78.2 Å². The van der Waals surface area contributed by atoms with Gasteiger partial charge >= 0.3 is 6.07 Å². The van der Waals surface area contributed by atoms with Crippen molar-refractivity contribution in [1.82, 2.24) is 0 Å². The first-order valence-corrected chi connectivity index (χ1v) is 8.10. The Balaban J connectivity index is 2.07. The average molecular weight is 321 g/mol. The van der Waals surface area contributed by atoms with Crippen LogP contribution < -0.4 is 0 Å². The lowest BCUT2D eigenvalue weighted by Gasteiger charge is -2.25. The van der Waals surface area contributed by atoms with Crippen LogP contribution in [0.3, 0.4) is 0 Å². The standard InChI is InChI=1S/C19H15NO2S/c21-20-15-19(16-8-3-1-4-9-16,17-10-5-2-6-11-17)22-14-18-12-7-13-23-18/h1-13H,14H2. The number of nitrogens with zero attached hydrogens (tertiary/aromatic N) is 1. The van der Waals surface area contributed by atoms with Crippen LogP contribution in [0.2, 0.25) is 0 Å². The van der Waals surface area contributed by atoms with E-state index in [0.29, 0.717) is 6.61 Å². The van der Waals surface area contributed by atoms with Gasteiger partial charge in [-0.1, -0.05) is 66.7 Å². The highest BCUT2D eigenvalue weighted by Crippen LogP contribution is 2.34. The van der Waals surface area contributed by atoms with E-state index in [0.717, 1.165) is 16.0 Å². The van der Waals surface area contributed by atoms with Crippen LogP contribution in [0.25, 0.3) is 5.01 Å². The summed E-state index contributed by atoms with van der Waals surface area (Å²) in [6.45, 7) is 0.379. The normalized spacial score (nSPS) is 10.8. The van der Waals surface area contributed by atoms with Crippen molar-refractivity contribution in [2.24, 2.45) is 0 Å². The molecule has 114 valence electrons. The van der Waals surface area contributed by atoms with Crippen LogP contribution >= 0.6 is 11.3 Å². The molecule has 23 heavy (non-hydrogen) atoms. The molecule has 0 spiro atoms. The highest BCUT2D eigenvalue weighted by molar-refractivity contribution is 7.09. The summed E-state index contributed by atoms with van der Waals surface area (Å²) in [6, 6.07) is 25.8. The van der Waals surface area contributed by atoms with Gasteiger partial charge in [0.2, 0.25) is 0 Å². The minimum Gasteiger partial charge on any atom is -0.498 e. The number of thiophene rings is 1. The SMILES string of the molecule is [O-][N+]#CC(OCc1cccs1)(c1ccccc1)c1ccccc1. The Morgan fingerprint density at radius 2 is 1.52 bits per heavy atom. The molecule has 3 aromatic rings. The second-order valence-corrected chi connectivity index (χ2v) is 6.02. The molecule has 0 saturated heterocycles. The Kier molecular flexibility index (Phi) is 4.72. The Hall–Kier alpha value is -2.61. The molecule has 0 aliphatic heterocycles. The summed E-state index contributed by atoms with van der Waals surface area (Å²) in [4.78, 5) is 1.08. The quantitative estimate of drug-likeness (QED) is 0.617. The second-order valence-electron chi connectivity index (χ2n) is 4.98. The van der Waals surface area contributed by atoms with Gasteiger partial charge in [0.05, 0.1) is 6.61 Å². The van der Waals surface area contributed by atoms with Crippen molar-refractivity contribution in [2.75, 3.05) is 0 Å². The molecule has 0 bridgehead atoms. The van der Waals surface area contributed by atoms with E-state index in [1.807, 2.05) is 78.2 Å². The third-order valence-electron chi connectivity index (χ3n) is 3.57. The lowest BCUT2D eigenvalue weighted by molar-refractivity contribution is 0.0147. The van der Waals surface area contributed by atoms with Gasteiger partial charge in [0.1, 0.15) is 0 Å². The molecule has 1 heterocycles. The number of ether oxygens (including phenoxy) is 1. The van der Waals surface area contributed by atoms with Crippen molar-refractivity contribution in [1.29, 1.82) is 0 Å². The van der Waals surface area contributed by atoms with Gasteiger partial charge in [0, 0.05) is 21.0 Å². The molecule has 0 unspecified atom stereocenters. The summed E-state index contributed by atoms with van der Waals surface area (Å²) >= 11 is 1.61. The largest absolute Gasteiger partial charge is 0.498 e. The summed E-state index contributed by atoms with van der Waals surface area (Å²) in [5.41, 5.74) is 0.526. The van der Waals surface area contributed by atoms with Crippen LogP contribution in [0.4, 0.5) is 0 Å². The van der Waals surface area contributed by atoms with Crippen molar-refractivity contribution in [3.05, 3.63) is 104 Å². The van der Waals surface area contributed by atoms with Crippen molar-refractivity contribution < 1.29 is 4.74 Å². The van der Waals surface area contributed by atoms with E-state index < -0.39 is 5.60 Å². The lowest BCUT2D eigenvalue weighted by atomic mass is 9.87. The zero-order valence-corrected chi connectivity index (χ0v) is 13.2. The van der Waals surface area contributed by atoms with E-state index in [2.05, 4.69) is 11.1 Å². The summed E-state index contributed by atoms with van der Waals surface area (Å²) in [7, 11) is 0. The van der Waals surface area contributed by atoms with E-state index in [-0.39, 0.29) is 0 Å². The third-order valence-corrected chi connectivity index (χ3v) is 4.42. The molecule has 3 nitrogen and oxygen atoms in total. The Bertz CT molecular complexity index is 750. The van der Waals surface area contributed by atoms with Crippen LogP contribution in [-0.4, -0.2) is 0 Å². The maximum absolute atomic E-state index is 11.1. The summed E-state index contributed by atoms with van der Waals surface area (Å²) < 4.78 is 6.19. The van der Waals surface area contributed by atoms with Crippen molar-refractivity contribution in [3.8, 4) is 6.07 Å². The molecule has 3 rings (SSSR count). The van der Waals surface area contributed by atoms with Crippen LogP contribution in [0.1, 0.15) is 16.0 Å². The zero-order chi connectivity index (χ0) is 16.0. The van der Waals surface area contributed by atoms with Crippen molar-refractivity contribution >= 4 is 11.3 Å². The molecule has 0 saturated carbocycles. The second kappa shape index (κ2) is 7.10. The number of benzene rings is 2. The Labute approximate surface area is 139 Å². The molecule has 2 aromatic carbocycles.